The SMILES string of the molecule is CC(C)c1cc(C(=O)Oc2c(C(C)C)cc(C(=O)O)cc2C(C)C)cc(C(C)C)c1O. The Kier molecular flexibility index (Phi) is 7.53. The second-order valence-corrected chi connectivity index (χ2v) is 9.30. The molecule has 0 amide bonds. The van der Waals surface area contributed by atoms with E-state index in [1.165, 1.54) is 0 Å². The molecule has 168 valence electrons. The van der Waals surface area contributed by atoms with Crippen LogP contribution in [-0.2, 0) is 0 Å². The van der Waals surface area contributed by atoms with Crippen molar-refractivity contribution in [2.45, 2.75) is 79.1 Å². The van der Waals surface area contributed by atoms with Gasteiger partial charge in [0.1, 0.15) is 11.5 Å². The Bertz CT molecular complexity index is 925. The predicted molar refractivity (Wildman–Crippen MR) is 123 cm³/mol. The van der Waals surface area contributed by atoms with Crippen molar-refractivity contribution in [1.82, 2.24) is 0 Å². The first-order chi connectivity index (χ1) is 14.3. The summed E-state index contributed by atoms with van der Waals surface area (Å²) in [5, 5.41) is 20.1. The van der Waals surface area contributed by atoms with E-state index >= 15 is 0 Å². The van der Waals surface area contributed by atoms with Crippen LogP contribution in [0.1, 0.15) is 122 Å². The van der Waals surface area contributed by atoms with Crippen molar-refractivity contribution in [2.24, 2.45) is 0 Å². The standard InChI is InChI=1S/C26H34O5/c1-13(2)19-11-18(12-20(14(3)4)23(19)27)26(30)31-24-21(15(5)6)9-17(25(28)29)10-22(24)16(7)8/h9-16,27H,1-8H3,(H,28,29). The molecular weight excluding hydrogens is 392 g/mol. The van der Waals surface area contributed by atoms with Crippen LogP contribution < -0.4 is 4.74 Å². The zero-order chi connectivity index (χ0) is 23.6. The van der Waals surface area contributed by atoms with Gasteiger partial charge in [-0.3, -0.25) is 0 Å². The molecule has 0 radical (unpaired) electrons. The molecule has 0 aliphatic carbocycles. The van der Waals surface area contributed by atoms with Crippen LogP contribution in [0.4, 0.5) is 0 Å². The van der Waals surface area contributed by atoms with Crippen LogP contribution in [0.5, 0.6) is 11.5 Å². The Labute approximate surface area is 185 Å². The molecule has 0 bridgehead atoms. The fraction of sp³-hybridized carbons (Fsp3) is 0.462. The number of phenols is 1. The molecule has 0 fully saturated rings. The maximum absolute atomic E-state index is 13.2. The lowest BCUT2D eigenvalue weighted by molar-refractivity contribution is 0.0696. The molecule has 0 saturated carbocycles. The highest BCUT2D eigenvalue weighted by Gasteiger charge is 2.24. The molecule has 2 aromatic carbocycles. The average molecular weight is 427 g/mol. The molecule has 0 aliphatic heterocycles. The second kappa shape index (κ2) is 9.54. The van der Waals surface area contributed by atoms with Crippen molar-refractivity contribution < 1.29 is 24.5 Å². The number of carboxylic acid groups (broad SMARTS) is 1. The fourth-order valence-corrected chi connectivity index (χ4v) is 3.60. The van der Waals surface area contributed by atoms with Crippen molar-refractivity contribution in [3.8, 4) is 11.5 Å². The maximum Gasteiger partial charge on any atom is 0.343 e. The summed E-state index contributed by atoms with van der Waals surface area (Å²) in [4.78, 5) is 24.8. The summed E-state index contributed by atoms with van der Waals surface area (Å²) < 4.78 is 5.92. The Hall–Kier alpha value is -2.82. The van der Waals surface area contributed by atoms with E-state index < -0.39 is 11.9 Å². The van der Waals surface area contributed by atoms with Gasteiger partial charge in [0.15, 0.2) is 0 Å². The topological polar surface area (TPSA) is 83.8 Å². The molecule has 0 aromatic heterocycles. The first kappa shape index (κ1) is 24.4. The Morgan fingerprint density at radius 3 is 1.35 bits per heavy atom. The molecule has 2 N–H and O–H groups in total. The second-order valence-electron chi connectivity index (χ2n) is 9.30. The molecular formula is C26H34O5. The van der Waals surface area contributed by atoms with Gasteiger partial charge in [0.05, 0.1) is 11.1 Å². The number of aromatic hydroxyl groups is 1. The third kappa shape index (κ3) is 5.27. The zero-order valence-electron chi connectivity index (χ0n) is 19.7. The van der Waals surface area contributed by atoms with E-state index in [-0.39, 0.29) is 35.0 Å². The highest BCUT2D eigenvalue weighted by atomic mass is 16.5. The lowest BCUT2D eigenvalue weighted by atomic mass is 9.90. The summed E-state index contributed by atoms with van der Waals surface area (Å²) >= 11 is 0. The normalized spacial score (nSPS) is 11.6. The minimum Gasteiger partial charge on any atom is -0.507 e. The number of hydrogen-bond donors (Lipinski definition) is 2. The largest absolute Gasteiger partial charge is 0.507 e. The highest BCUT2D eigenvalue weighted by molar-refractivity contribution is 5.93. The van der Waals surface area contributed by atoms with Crippen molar-refractivity contribution in [1.29, 1.82) is 0 Å². The van der Waals surface area contributed by atoms with Crippen molar-refractivity contribution in [2.75, 3.05) is 0 Å². The highest BCUT2D eigenvalue weighted by Crippen LogP contribution is 2.38. The molecule has 0 saturated heterocycles. The summed E-state index contributed by atoms with van der Waals surface area (Å²) in [6.07, 6.45) is 0. The summed E-state index contributed by atoms with van der Waals surface area (Å²) in [7, 11) is 0. The smallest absolute Gasteiger partial charge is 0.343 e. The van der Waals surface area contributed by atoms with E-state index in [0.29, 0.717) is 33.6 Å². The van der Waals surface area contributed by atoms with Crippen molar-refractivity contribution >= 4 is 11.9 Å². The van der Waals surface area contributed by atoms with Gasteiger partial charge >= 0.3 is 11.9 Å². The summed E-state index contributed by atoms with van der Waals surface area (Å²) in [6.45, 7) is 15.6. The first-order valence-corrected chi connectivity index (χ1v) is 10.8. The molecule has 0 aliphatic rings. The monoisotopic (exact) mass is 426 g/mol. The minimum absolute atomic E-state index is 0.0307. The van der Waals surface area contributed by atoms with Gasteiger partial charge in [-0.15, -0.1) is 0 Å². The Morgan fingerprint density at radius 1 is 0.677 bits per heavy atom. The van der Waals surface area contributed by atoms with Crippen LogP contribution in [0.25, 0.3) is 0 Å². The molecule has 31 heavy (non-hydrogen) atoms. The van der Waals surface area contributed by atoms with Gasteiger partial charge in [0, 0.05) is 0 Å². The Morgan fingerprint density at radius 2 is 1.03 bits per heavy atom. The zero-order valence-corrected chi connectivity index (χ0v) is 19.7. The van der Waals surface area contributed by atoms with Gasteiger partial charge in [0.2, 0.25) is 0 Å². The van der Waals surface area contributed by atoms with Crippen LogP contribution in [-0.4, -0.2) is 22.2 Å². The van der Waals surface area contributed by atoms with E-state index in [1.807, 2.05) is 55.4 Å². The summed E-state index contributed by atoms with van der Waals surface area (Å²) in [5.41, 5.74) is 3.32. The van der Waals surface area contributed by atoms with Crippen LogP contribution in [0.2, 0.25) is 0 Å². The Balaban J connectivity index is 2.63. The van der Waals surface area contributed by atoms with E-state index in [0.717, 1.165) is 0 Å². The lowest BCUT2D eigenvalue weighted by Gasteiger charge is -2.21. The number of phenolic OH excluding ortho intramolecular Hbond substituents is 1. The average Bonchev–Trinajstić information content (AvgIpc) is 2.66. The first-order valence-electron chi connectivity index (χ1n) is 10.8. The third-order valence-corrected chi connectivity index (χ3v) is 5.48. The molecule has 0 unspecified atom stereocenters. The third-order valence-electron chi connectivity index (χ3n) is 5.48. The lowest BCUT2D eigenvalue weighted by Crippen LogP contribution is -2.15. The van der Waals surface area contributed by atoms with Gasteiger partial charge in [-0.05, 0) is 70.2 Å². The van der Waals surface area contributed by atoms with Gasteiger partial charge < -0.3 is 14.9 Å². The van der Waals surface area contributed by atoms with E-state index in [1.54, 1.807) is 24.3 Å². The van der Waals surface area contributed by atoms with Crippen LogP contribution in [0.3, 0.4) is 0 Å². The number of carboxylic acids is 1. The van der Waals surface area contributed by atoms with E-state index in [2.05, 4.69) is 0 Å². The number of ether oxygens (including phenoxy) is 1. The number of rotatable bonds is 7. The molecule has 0 atom stereocenters. The van der Waals surface area contributed by atoms with Crippen LogP contribution in [0, 0.1) is 0 Å². The quantitative estimate of drug-likeness (QED) is 0.375. The van der Waals surface area contributed by atoms with Crippen LogP contribution in [0.15, 0.2) is 24.3 Å². The van der Waals surface area contributed by atoms with Gasteiger partial charge in [0.25, 0.3) is 0 Å². The number of carbonyl (C=O) groups is 2. The molecule has 2 aromatic rings. The molecule has 5 heteroatoms. The summed E-state index contributed by atoms with van der Waals surface area (Å²) in [6, 6.07) is 6.53. The van der Waals surface area contributed by atoms with Gasteiger partial charge in [-0.2, -0.15) is 0 Å². The van der Waals surface area contributed by atoms with Crippen molar-refractivity contribution in [3.05, 3.63) is 57.6 Å². The molecule has 2 rings (SSSR count). The van der Waals surface area contributed by atoms with Crippen LogP contribution >= 0.6 is 0 Å². The fourth-order valence-electron chi connectivity index (χ4n) is 3.60. The minimum atomic E-state index is -1.01. The predicted octanol–water partition coefficient (Wildman–Crippen LogP) is 6.80. The van der Waals surface area contributed by atoms with Crippen molar-refractivity contribution in [3.63, 3.8) is 0 Å². The number of benzene rings is 2. The van der Waals surface area contributed by atoms with Gasteiger partial charge in [-0.25, -0.2) is 9.59 Å². The maximum atomic E-state index is 13.2. The number of carbonyl (C=O) groups excluding carboxylic acids is 1. The number of esters is 1. The summed E-state index contributed by atoms with van der Waals surface area (Å²) in [5.74, 6) is -0.869. The number of aromatic carboxylic acids is 1. The molecule has 5 nitrogen and oxygen atoms in total. The van der Waals surface area contributed by atoms with E-state index in [9.17, 15) is 19.8 Å². The number of hydrogen-bond acceptors (Lipinski definition) is 4. The molecule has 0 heterocycles. The van der Waals surface area contributed by atoms with E-state index in [4.69, 9.17) is 4.74 Å². The molecule has 0 spiro atoms. The van der Waals surface area contributed by atoms with Gasteiger partial charge in [-0.1, -0.05) is 55.4 Å².